The molecule has 0 bridgehead atoms. The first-order chi connectivity index (χ1) is 13.4. The maximum atomic E-state index is 13.2. The summed E-state index contributed by atoms with van der Waals surface area (Å²) in [6, 6.07) is 6.56. The Morgan fingerprint density at radius 1 is 1.11 bits per heavy atom. The number of halogens is 3. The number of aromatic nitrogens is 2. The molecule has 0 spiro atoms. The van der Waals surface area contributed by atoms with Crippen LogP contribution in [-0.4, -0.2) is 34.1 Å². The first-order valence-electron chi connectivity index (χ1n) is 8.75. The van der Waals surface area contributed by atoms with Crippen LogP contribution in [0.5, 0.6) is 0 Å². The Balaban J connectivity index is 1.44. The van der Waals surface area contributed by atoms with Gasteiger partial charge >= 0.3 is 6.18 Å². The molecular weight excluding hydrogens is 375 g/mol. The molecule has 0 atom stereocenters. The fourth-order valence-electron chi connectivity index (χ4n) is 3.32. The Morgan fingerprint density at radius 2 is 1.86 bits per heavy atom. The van der Waals surface area contributed by atoms with E-state index in [0.29, 0.717) is 43.3 Å². The molecule has 1 amide bonds. The number of carbonyl (C=O) groups is 1. The van der Waals surface area contributed by atoms with Gasteiger partial charge in [0.2, 0.25) is 5.89 Å². The highest BCUT2D eigenvalue weighted by atomic mass is 19.4. The molecule has 28 heavy (non-hydrogen) atoms. The summed E-state index contributed by atoms with van der Waals surface area (Å²) in [7, 11) is 0. The van der Waals surface area contributed by atoms with Gasteiger partial charge in [0.05, 0.1) is 23.0 Å². The smallest absolute Gasteiger partial charge is 0.417 e. The van der Waals surface area contributed by atoms with Crippen molar-refractivity contribution in [1.29, 1.82) is 0 Å². The maximum Gasteiger partial charge on any atom is 0.417 e. The van der Waals surface area contributed by atoms with Crippen molar-refractivity contribution in [3.05, 3.63) is 59.9 Å². The van der Waals surface area contributed by atoms with Crippen molar-refractivity contribution in [2.45, 2.75) is 24.9 Å². The van der Waals surface area contributed by atoms with Crippen molar-refractivity contribution >= 4 is 5.91 Å². The predicted octanol–water partition coefficient (Wildman–Crippen LogP) is 4.37. The Labute approximate surface area is 158 Å². The van der Waals surface area contributed by atoms with Crippen molar-refractivity contribution < 1.29 is 26.8 Å². The minimum absolute atomic E-state index is 0.0462. The van der Waals surface area contributed by atoms with Crippen LogP contribution in [0.25, 0.3) is 11.5 Å². The molecule has 146 valence electrons. The summed E-state index contributed by atoms with van der Waals surface area (Å²) in [5.74, 6) is 0.145. The van der Waals surface area contributed by atoms with Gasteiger partial charge in [-0.25, -0.2) is 0 Å². The molecule has 9 heteroatoms. The number of nitrogens with zero attached hydrogens (tertiary/aromatic N) is 3. The average molecular weight is 391 g/mol. The highest BCUT2D eigenvalue weighted by Crippen LogP contribution is 2.34. The van der Waals surface area contributed by atoms with E-state index in [1.807, 2.05) is 0 Å². The fraction of sp³-hybridized carbons (Fsp3) is 0.316. The van der Waals surface area contributed by atoms with Crippen LogP contribution < -0.4 is 0 Å². The van der Waals surface area contributed by atoms with Crippen LogP contribution in [0.1, 0.15) is 40.6 Å². The largest absolute Gasteiger partial charge is 0.472 e. The van der Waals surface area contributed by atoms with E-state index in [9.17, 15) is 18.0 Å². The minimum atomic E-state index is -4.57. The van der Waals surface area contributed by atoms with Gasteiger partial charge in [0, 0.05) is 19.0 Å². The van der Waals surface area contributed by atoms with Crippen molar-refractivity contribution in [3.8, 4) is 11.5 Å². The predicted molar refractivity (Wildman–Crippen MR) is 91.3 cm³/mol. The molecule has 1 fully saturated rings. The molecule has 1 aliphatic heterocycles. The summed E-state index contributed by atoms with van der Waals surface area (Å²) in [6.07, 6.45) is -0.504. The second-order valence-corrected chi connectivity index (χ2v) is 6.57. The van der Waals surface area contributed by atoms with Crippen LogP contribution in [-0.2, 0) is 6.18 Å². The fourth-order valence-corrected chi connectivity index (χ4v) is 3.32. The van der Waals surface area contributed by atoms with Crippen LogP contribution in [0.15, 0.2) is 51.7 Å². The van der Waals surface area contributed by atoms with Crippen LogP contribution in [0.2, 0.25) is 0 Å². The second-order valence-electron chi connectivity index (χ2n) is 6.57. The van der Waals surface area contributed by atoms with E-state index in [2.05, 4.69) is 10.2 Å². The van der Waals surface area contributed by atoms with E-state index in [1.54, 1.807) is 6.07 Å². The number of likely N-dealkylation sites (tertiary alicyclic amines) is 1. The molecule has 0 saturated carbocycles. The maximum absolute atomic E-state index is 13.2. The third-order valence-corrected chi connectivity index (χ3v) is 4.80. The second kappa shape index (κ2) is 7.14. The lowest BCUT2D eigenvalue weighted by atomic mass is 9.95. The molecule has 6 nitrogen and oxygen atoms in total. The van der Waals surface area contributed by atoms with Crippen molar-refractivity contribution in [2.24, 2.45) is 0 Å². The van der Waals surface area contributed by atoms with Crippen molar-refractivity contribution in [1.82, 2.24) is 15.1 Å². The monoisotopic (exact) mass is 391 g/mol. The van der Waals surface area contributed by atoms with Gasteiger partial charge in [0.25, 0.3) is 11.8 Å². The van der Waals surface area contributed by atoms with E-state index in [-0.39, 0.29) is 11.5 Å². The number of benzene rings is 1. The highest BCUT2D eigenvalue weighted by molar-refractivity contribution is 5.96. The minimum Gasteiger partial charge on any atom is -0.472 e. The number of piperidine rings is 1. The SMILES string of the molecule is O=C(c1ccccc1C(F)(F)F)N1CCC(c2nnc(-c3ccoc3)o2)CC1. The standard InChI is InChI=1S/C19H16F3N3O3/c20-19(21,22)15-4-2-1-3-14(15)18(26)25-8-5-12(6-9-25)16-23-24-17(28-16)13-7-10-27-11-13/h1-4,7,10-12H,5-6,8-9H2. The summed E-state index contributed by atoms with van der Waals surface area (Å²) >= 11 is 0. The average Bonchev–Trinajstić information content (AvgIpc) is 3.38. The lowest BCUT2D eigenvalue weighted by molar-refractivity contribution is -0.138. The zero-order chi connectivity index (χ0) is 19.7. The molecule has 4 rings (SSSR count). The lowest BCUT2D eigenvalue weighted by Gasteiger charge is -2.31. The summed E-state index contributed by atoms with van der Waals surface area (Å²) in [4.78, 5) is 14.1. The molecule has 3 heterocycles. The van der Waals surface area contributed by atoms with Gasteiger partial charge in [0.1, 0.15) is 6.26 Å². The van der Waals surface area contributed by atoms with Gasteiger partial charge < -0.3 is 13.7 Å². The van der Waals surface area contributed by atoms with Crippen LogP contribution in [0, 0.1) is 0 Å². The molecule has 0 radical (unpaired) electrons. The number of amides is 1. The third-order valence-electron chi connectivity index (χ3n) is 4.80. The van der Waals surface area contributed by atoms with Crippen LogP contribution >= 0.6 is 0 Å². The van der Waals surface area contributed by atoms with Crippen LogP contribution in [0.4, 0.5) is 13.2 Å². The quantitative estimate of drug-likeness (QED) is 0.663. The highest BCUT2D eigenvalue weighted by Gasteiger charge is 2.37. The molecule has 3 aromatic rings. The van der Waals surface area contributed by atoms with E-state index in [0.717, 1.165) is 6.07 Å². The number of carbonyl (C=O) groups excluding carboxylic acids is 1. The Hall–Kier alpha value is -3.10. The number of alkyl halides is 3. The molecular formula is C19H16F3N3O3. The normalized spacial score (nSPS) is 15.8. The number of hydrogen-bond acceptors (Lipinski definition) is 5. The summed E-state index contributed by atoms with van der Waals surface area (Å²) < 4.78 is 50.2. The van der Waals surface area contributed by atoms with E-state index in [1.165, 1.54) is 35.6 Å². The van der Waals surface area contributed by atoms with Gasteiger partial charge in [-0.15, -0.1) is 10.2 Å². The van der Waals surface area contributed by atoms with Gasteiger partial charge in [-0.3, -0.25) is 4.79 Å². The first-order valence-corrected chi connectivity index (χ1v) is 8.75. The Bertz CT molecular complexity index is 958. The number of rotatable bonds is 3. The van der Waals surface area contributed by atoms with E-state index < -0.39 is 17.6 Å². The molecule has 1 aliphatic rings. The Morgan fingerprint density at radius 3 is 2.54 bits per heavy atom. The van der Waals surface area contributed by atoms with Crippen molar-refractivity contribution in [3.63, 3.8) is 0 Å². The lowest BCUT2D eigenvalue weighted by Crippen LogP contribution is -2.38. The summed E-state index contributed by atoms with van der Waals surface area (Å²) in [5, 5.41) is 8.05. The molecule has 2 aromatic heterocycles. The molecule has 0 unspecified atom stereocenters. The molecule has 0 aliphatic carbocycles. The van der Waals surface area contributed by atoms with Crippen LogP contribution in [0.3, 0.4) is 0 Å². The zero-order valence-corrected chi connectivity index (χ0v) is 14.6. The molecule has 1 saturated heterocycles. The van der Waals surface area contributed by atoms with E-state index in [4.69, 9.17) is 8.83 Å². The molecule has 0 N–H and O–H groups in total. The zero-order valence-electron chi connectivity index (χ0n) is 14.6. The number of furan rings is 1. The first kappa shape index (κ1) is 18.3. The third kappa shape index (κ3) is 3.51. The van der Waals surface area contributed by atoms with Crippen molar-refractivity contribution in [2.75, 3.05) is 13.1 Å². The molecule has 1 aromatic carbocycles. The summed E-state index contributed by atoms with van der Waals surface area (Å²) in [5.41, 5.74) is -0.563. The van der Waals surface area contributed by atoms with Gasteiger partial charge in [-0.1, -0.05) is 12.1 Å². The number of hydrogen-bond donors (Lipinski definition) is 0. The van der Waals surface area contributed by atoms with Gasteiger partial charge in [0.15, 0.2) is 0 Å². The topological polar surface area (TPSA) is 72.4 Å². The van der Waals surface area contributed by atoms with Gasteiger partial charge in [-0.05, 0) is 31.0 Å². The van der Waals surface area contributed by atoms with Gasteiger partial charge in [-0.2, -0.15) is 13.2 Å². The van der Waals surface area contributed by atoms with E-state index >= 15 is 0 Å². The Kier molecular flexibility index (Phi) is 4.66. The summed E-state index contributed by atoms with van der Waals surface area (Å²) in [6.45, 7) is 0.637.